The van der Waals surface area contributed by atoms with E-state index >= 15 is 0 Å². The van der Waals surface area contributed by atoms with Gasteiger partial charge in [-0.15, -0.1) is 0 Å². The molecule has 0 spiro atoms. The summed E-state index contributed by atoms with van der Waals surface area (Å²) in [6.07, 6.45) is 2.15. The van der Waals surface area contributed by atoms with E-state index in [4.69, 9.17) is 0 Å². The van der Waals surface area contributed by atoms with Gasteiger partial charge in [-0.05, 0) is 12.0 Å². The maximum absolute atomic E-state index is 11.9. The third kappa shape index (κ3) is 4.93. The molecule has 0 saturated carbocycles. The van der Waals surface area contributed by atoms with Gasteiger partial charge in [0.2, 0.25) is 0 Å². The molecule has 0 unspecified atom stereocenters. The molecule has 1 aromatic carbocycles. The first-order valence-electron chi connectivity index (χ1n) is 7.02. The van der Waals surface area contributed by atoms with Crippen molar-refractivity contribution in [2.24, 2.45) is 0 Å². The lowest BCUT2D eigenvalue weighted by Gasteiger charge is -2.27. The third-order valence-electron chi connectivity index (χ3n) is 3.43. The van der Waals surface area contributed by atoms with Crippen LogP contribution in [0.5, 0.6) is 0 Å². The van der Waals surface area contributed by atoms with Gasteiger partial charge in [-0.1, -0.05) is 57.5 Å². The van der Waals surface area contributed by atoms with Crippen LogP contribution < -0.4 is 5.32 Å². The summed E-state index contributed by atoms with van der Waals surface area (Å²) in [5.74, 6) is 0. The van der Waals surface area contributed by atoms with Gasteiger partial charge in [0.1, 0.15) is 0 Å². The topological polar surface area (TPSA) is 32.3 Å². The average molecular weight is 262 g/mol. The zero-order valence-electron chi connectivity index (χ0n) is 12.6. The molecule has 3 nitrogen and oxygen atoms in total. The van der Waals surface area contributed by atoms with E-state index in [9.17, 15) is 4.79 Å². The molecule has 0 aliphatic rings. The largest absolute Gasteiger partial charge is 0.337 e. The Balaban J connectivity index is 2.49. The number of nitrogens with one attached hydrogen (secondary N) is 1. The van der Waals surface area contributed by atoms with E-state index in [0.717, 1.165) is 19.4 Å². The van der Waals surface area contributed by atoms with Crippen LogP contribution in [0, 0.1) is 0 Å². The molecule has 2 amide bonds. The molecule has 0 fully saturated rings. The standard InChI is InChI=1S/C16H26N2O/c1-5-6-12-18(4)15(19)17-13-16(2,3)14-10-8-7-9-11-14/h7-11H,5-6,12-13H2,1-4H3,(H,17,19). The van der Waals surface area contributed by atoms with Crippen LogP contribution in [-0.4, -0.2) is 31.1 Å². The smallest absolute Gasteiger partial charge is 0.317 e. The van der Waals surface area contributed by atoms with Crippen LogP contribution in [-0.2, 0) is 5.41 Å². The Bertz CT molecular complexity index is 387. The molecule has 1 N–H and O–H groups in total. The zero-order valence-corrected chi connectivity index (χ0v) is 12.6. The van der Waals surface area contributed by atoms with E-state index in [1.165, 1.54) is 5.56 Å². The molecule has 19 heavy (non-hydrogen) atoms. The molecule has 1 aromatic rings. The fraction of sp³-hybridized carbons (Fsp3) is 0.562. The van der Waals surface area contributed by atoms with Crippen LogP contribution in [0.3, 0.4) is 0 Å². The summed E-state index contributed by atoms with van der Waals surface area (Å²) in [4.78, 5) is 13.7. The lowest BCUT2D eigenvalue weighted by Crippen LogP contribution is -2.43. The molecule has 0 radical (unpaired) electrons. The molecule has 0 saturated heterocycles. The van der Waals surface area contributed by atoms with Crippen molar-refractivity contribution in [2.45, 2.75) is 39.0 Å². The van der Waals surface area contributed by atoms with Crippen LogP contribution in [0.4, 0.5) is 4.79 Å². The molecule has 0 atom stereocenters. The zero-order chi connectivity index (χ0) is 14.3. The van der Waals surface area contributed by atoms with Crippen molar-refractivity contribution in [1.82, 2.24) is 10.2 Å². The molecular weight excluding hydrogens is 236 g/mol. The fourth-order valence-electron chi connectivity index (χ4n) is 1.92. The molecule has 0 aromatic heterocycles. The first-order chi connectivity index (χ1) is 8.97. The van der Waals surface area contributed by atoms with Gasteiger partial charge in [-0.25, -0.2) is 4.79 Å². The van der Waals surface area contributed by atoms with E-state index in [2.05, 4.69) is 38.2 Å². The van der Waals surface area contributed by atoms with Crippen molar-refractivity contribution in [1.29, 1.82) is 0 Å². The Kier molecular flexibility index (Phi) is 5.87. The number of carbonyl (C=O) groups excluding carboxylic acids is 1. The second-order valence-corrected chi connectivity index (χ2v) is 5.68. The number of hydrogen-bond donors (Lipinski definition) is 1. The molecule has 0 aliphatic heterocycles. The van der Waals surface area contributed by atoms with Gasteiger partial charge < -0.3 is 10.2 Å². The van der Waals surface area contributed by atoms with E-state index in [1.54, 1.807) is 4.90 Å². The van der Waals surface area contributed by atoms with Gasteiger partial charge in [0, 0.05) is 25.6 Å². The van der Waals surface area contributed by atoms with Crippen molar-refractivity contribution in [2.75, 3.05) is 20.1 Å². The molecule has 0 aliphatic carbocycles. The summed E-state index contributed by atoms with van der Waals surface area (Å²) >= 11 is 0. The normalized spacial score (nSPS) is 11.2. The van der Waals surface area contributed by atoms with E-state index < -0.39 is 0 Å². The lowest BCUT2D eigenvalue weighted by atomic mass is 9.85. The summed E-state index contributed by atoms with van der Waals surface area (Å²) in [5.41, 5.74) is 1.19. The van der Waals surface area contributed by atoms with Crippen LogP contribution >= 0.6 is 0 Å². The molecule has 0 heterocycles. The van der Waals surface area contributed by atoms with Crippen molar-refractivity contribution in [3.8, 4) is 0 Å². The van der Waals surface area contributed by atoms with Gasteiger partial charge in [-0.3, -0.25) is 0 Å². The molecule has 0 bridgehead atoms. The third-order valence-corrected chi connectivity index (χ3v) is 3.43. The number of urea groups is 1. The number of rotatable bonds is 6. The second-order valence-electron chi connectivity index (χ2n) is 5.68. The highest BCUT2D eigenvalue weighted by molar-refractivity contribution is 5.73. The highest BCUT2D eigenvalue weighted by atomic mass is 16.2. The van der Waals surface area contributed by atoms with Gasteiger partial charge in [0.25, 0.3) is 0 Å². The van der Waals surface area contributed by atoms with Gasteiger partial charge in [0.05, 0.1) is 0 Å². The van der Waals surface area contributed by atoms with Crippen molar-refractivity contribution < 1.29 is 4.79 Å². The number of nitrogens with zero attached hydrogens (tertiary/aromatic N) is 1. The average Bonchev–Trinajstić information content (AvgIpc) is 2.43. The Morgan fingerprint density at radius 3 is 2.47 bits per heavy atom. The summed E-state index contributed by atoms with van der Waals surface area (Å²) in [5, 5.41) is 3.02. The SMILES string of the molecule is CCCCN(C)C(=O)NCC(C)(C)c1ccccc1. The molecule has 106 valence electrons. The van der Waals surface area contributed by atoms with Crippen molar-refractivity contribution in [3.05, 3.63) is 35.9 Å². The highest BCUT2D eigenvalue weighted by Crippen LogP contribution is 2.21. The number of hydrogen-bond acceptors (Lipinski definition) is 1. The van der Waals surface area contributed by atoms with Gasteiger partial charge in [-0.2, -0.15) is 0 Å². The minimum atomic E-state index is -0.0531. The first-order valence-corrected chi connectivity index (χ1v) is 7.02. The summed E-state index contributed by atoms with van der Waals surface area (Å²) in [7, 11) is 1.85. The highest BCUT2D eigenvalue weighted by Gasteiger charge is 2.21. The monoisotopic (exact) mass is 262 g/mol. The van der Waals surface area contributed by atoms with Gasteiger partial charge >= 0.3 is 6.03 Å². The molecule has 1 rings (SSSR count). The van der Waals surface area contributed by atoms with Gasteiger partial charge in [0.15, 0.2) is 0 Å². The summed E-state index contributed by atoms with van der Waals surface area (Å²) in [6.45, 7) is 7.88. The maximum atomic E-state index is 11.9. The van der Waals surface area contributed by atoms with Crippen molar-refractivity contribution >= 4 is 6.03 Å². The van der Waals surface area contributed by atoms with Crippen LogP contribution in [0.1, 0.15) is 39.2 Å². The molecular formula is C16H26N2O. The maximum Gasteiger partial charge on any atom is 0.317 e. The Hall–Kier alpha value is -1.51. The number of amides is 2. The fourth-order valence-corrected chi connectivity index (χ4v) is 1.92. The minimum absolute atomic E-state index is 0.0115. The Labute approximate surface area is 117 Å². The first kappa shape index (κ1) is 15.5. The summed E-state index contributed by atoms with van der Waals surface area (Å²) < 4.78 is 0. The van der Waals surface area contributed by atoms with Crippen LogP contribution in [0.25, 0.3) is 0 Å². The quantitative estimate of drug-likeness (QED) is 0.837. The van der Waals surface area contributed by atoms with Crippen LogP contribution in [0.15, 0.2) is 30.3 Å². The predicted molar refractivity (Wildman–Crippen MR) is 80.4 cm³/mol. The molecule has 3 heteroatoms. The number of benzene rings is 1. The number of unbranched alkanes of at least 4 members (excludes halogenated alkanes) is 1. The van der Waals surface area contributed by atoms with Crippen molar-refractivity contribution in [3.63, 3.8) is 0 Å². The van der Waals surface area contributed by atoms with Crippen LogP contribution in [0.2, 0.25) is 0 Å². The predicted octanol–water partition coefficient (Wildman–Crippen LogP) is 3.41. The second kappa shape index (κ2) is 7.17. The van der Waals surface area contributed by atoms with E-state index in [-0.39, 0.29) is 11.4 Å². The number of carbonyl (C=O) groups is 1. The van der Waals surface area contributed by atoms with E-state index in [1.807, 2.05) is 25.2 Å². The Morgan fingerprint density at radius 1 is 1.26 bits per heavy atom. The summed E-state index contributed by atoms with van der Waals surface area (Å²) in [6, 6.07) is 10.3. The Morgan fingerprint density at radius 2 is 1.89 bits per heavy atom. The lowest BCUT2D eigenvalue weighted by molar-refractivity contribution is 0.205. The minimum Gasteiger partial charge on any atom is -0.337 e. The van der Waals surface area contributed by atoms with E-state index in [0.29, 0.717) is 6.54 Å².